The molecule has 2 amide bonds. The number of hydrogen-bond acceptors (Lipinski definition) is 3. The van der Waals surface area contributed by atoms with Crippen LogP contribution < -0.4 is 10.6 Å². The quantitative estimate of drug-likeness (QED) is 0.729. The summed E-state index contributed by atoms with van der Waals surface area (Å²) < 4.78 is 0. The van der Waals surface area contributed by atoms with Crippen LogP contribution in [0.15, 0.2) is 0 Å². The lowest BCUT2D eigenvalue weighted by Gasteiger charge is -2.34. The predicted molar refractivity (Wildman–Crippen MR) is 86.7 cm³/mol. The maximum absolute atomic E-state index is 12.2. The van der Waals surface area contributed by atoms with Crippen molar-refractivity contribution in [1.82, 2.24) is 10.6 Å². The van der Waals surface area contributed by atoms with Gasteiger partial charge in [0, 0.05) is 17.3 Å². The minimum absolute atomic E-state index is 0.0620. The Kier molecular flexibility index (Phi) is 6.84. The van der Waals surface area contributed by atoms with Gasteiger partial charge in [-0.25, -0.2) is 4.79 Å². The van der Waals surface area contributed by atoms with E-state index >= 15 is 0 Å². The van der Waals surface area contributed by atoms with Crippen LogP contribution in [0.25, 0.3) is 0 Å². The molecule has 5 nitrogen and oxygen atoms in total. The van der Waals surface area contributed by atoms with Gasteiger partial charge < -0.3 is 15.7 Å². The first kappa shape index (κ1) is 18.1. The van der Waals surface area contributed by atoms with Crippen molar-refractivity contribution < 1.29 is 14.7 Å². The Bertz CT molecular complexity index is 368. The number of nitrogens with one attached hydrogen (secondary N) is 2. The third kappa shape index (κ3) is 6.16. The molecule has 3 N–H and O–H groups in total. The highest BCUT2D eigenvalue weighted by molar-refractivity contribution is 7.99. The van der Waals surface area contributed by atoms with Gasteiger partial charge >= 0.3 is 12.0 Å². The van der Waals surface area contributed by atoms with Crippen LogP contribution in [0.1, 0.15) is 52.9 Å². The summed E-state index contributed by atoms with van der Waals surface area (Å²) in [6.45, 7) is 5.81. The first-order valence-electron chi connectivity index (χ1n) is 7.55. The lowest BCUT2D eigenvalue weighted by atomic mass is 9.85. The van der Waals surface area contributed by atoms with E-state index in [1.54, 1.807) is 11.8 Å². The van der Waals surface area contributed by atoms with Gasteiger partial charge in [-0.3, -0.25) is 4.79 Å². The molecule has 1 fully saturated rings. The van der Waals surface area contributed by atoms with E-state index in [0.717, 1.165) is 19.3 Å². The smallest absolute Gasteiger partial charge is 0.315 e. The van der Waals surface area contributed by atoms with Crippen molar-refractivity contribution >= 4 is 23.8 Å². The maximum atomic E-state index is 12.2. The number of carboxylic acids is 1. The van der Waals surface area contributed by atoms with Crippen LogP contribution in [-0.4, -0.2) is 40.7 Å². The van der Waals surface area contributed by atoms with Crippen LogP contribution in [0.2, 0.25) is 0 Å². The van der Waals surface area contributed by atoms with Crippen molar-refractivity contribution in [3.8, 4) is 0 Å². The summed E-state index contributed by atoms with van der Waals surface area (Å²) in [7, 11) is 0. The summed E-state index contributed by atoms with van der Waals surface area (Å²) >= 11 is 1.79. The Morgan fingerprint density at radius 2 is 1.90 bits per heavy atom. The largest absolute Gasteiger partial charge is 0.481 e. The van der Waals surface area contributed by atoms with Crippen LogP contribution >= 0.6 is 11.8 Å². The molecular weight excluding hydrogens is 288 g/mol. The molecule has 1 aliphatic carbocycles. The summed E-state index contributed by atoms with van der Waals surface area (Å²) in [5.41, 5.74) is -0.290. The van der Waals surface area contributed by atoms with Crippen LogP contribution in [0.4, 0.5) is 4.79 Å². The Morgan fingerprint density at radius 1 is 1.29 bits per heavy atom. The predicted octanol–water partition coefficient (Wildman–Crippen LogP) is 2.85. The van der Waals surface area contributed by atoms with Crippen molar-refractivity contribution in [2.24, 2.45) is 5.41 Å². The molecule has 0 aromatic carbocycles. The number of carboxylic acid groups (broad SMARTS) is 1. The number of aliphatic carboxylic acids is 1. The van der Waals surface area contributed by atoms with Crippen LogP contribution in [0, 0.1) is 5.41 Å². The second-order valence-corrected chi connectivity index (χ2v) is 7.88. The molecule has 122 valence electrons. The zero-order chi connectivity index (χ0) is 16.0. The molecular formula is C15H28N2O3S. The Morgan fingerprint density at radius 3 is 2.43 bits per heavy atom. The minimum atomic E-state index is -0.894. The zero-order valence-electron chi connectivity index (χ0n) is 13.4. The second kappa shape index (κ2) is 7.92. The average Bonchev–Trinajstić information content (AvgIpc) is 2.37. The van der Waals surface area contributed by atoms with E-state index in [0.29, 0.717) is 5.25 Å². The molecule has 1 saturated carbocycles. The van der Waals surface area contributed by atoms with Crippen molar-refractivity contribution in [1.29, 1.82) is 0 Å². The van der Waals surface area contributed by atoms with Gasteiger partial charge in [0.25, 0.3) is 0 Å². The molecule has 0 saturated heterocycles. The molecule has 3 atom stereocenters. The van der Waals surface area contributed by atoms with E-state index in [2.05, 4.69) is 16.9 Å². The highest BCUT2D eigenvalue weighted by atomic mass is 32.2. The van der Waals surface area contributed by atoms with Crippen molar-refractivity contribution in [2.45, 2.75) is 70.2 Å². The summed E-state index contributed by atoms with van der Waals surface area (Å²) in [5, 5.41) is 15.3. The van der Waals surface area contributed by atoms with Gasteiger partial charge in [0.1, 0.15) is 0 Å². The molecule has 0 bridgehead atoms. The highest BCUT2D eigenvalue weighted by Crippen LogP contribution is 2.27. The fourth-order valence-electron chi connectivity index (χ4n) is 2.66. The molecule has 21 heavy (non-hydrogen) atoms. The number of carbonyl (C=O) groups excluding carboxylic acids is 1. The lowest BCUT2D eigenvalue weighted by Crippen LogP contribution is -2.53. The summed E-state index contributed by atoms with van der Waals surface area (Å²) in [4.78, 5) is 23.1. The molecule has 1 rings (SSSR count). The molecule has 0 aromatic heterocycles. The van der Waals surface area contributed by atoms with E-state index in [1.807, 2.05) is 20.8 Å². The fraction of sp³-hybridized carbons (Fsp3) is 0.867. The van der Waals surface area contributed by atoms with E-state index in [4.69, 9.17) is 5.11 Å². The van der Waals surface area contributed by atoms with Gasteiger partial charge in [-0.15, -0.1) is 0 Å². The normalized spacial score (nSPS) is 24.2. The van der Waals surface area contributed by atoms with E-state index in [1.165, 1.54) is 6.42 Å². The van der Waals surface area contributed by atoms with Gasteiger partial charge in [0.15, 0.2) is 0 Å². The van der Waals surface area contributed by atoms with Gasteiger partial charge in [0.2, 0.25) is 0 Å². The molecule has 1 aliphatic rings. The van der Waals surface area contributed by atoms with Crippen LogP contribution in [-0.2, 0) is 4.79 Å². The number of hydrogen-bond donors (Lipinski definition) is 3. The minimum Gasteiger partial charge on any atom is -0.481 e. The first-order valence-corrected chi connectivity index (χ1v) is 8.84. The van der Waals surface area contributed by atoms with Crippen molar-refractivity contribution in [2.75, 3.05) is 6.26 Å². The van der Waals surface area contributed by atoms with Gasteiger partial charge in [-0.05, 0) is 24.5 Å². The Balaban J connectivity index is 2.58. The topological polar surface area (TPSA) is 78.4 Å². The van der Waals surface area contributed by atoms with Gasteiger partial charge in [-0.2, -0.15) is 11.8 Å². The Hall–Kier alpha value is -0.910. The average molecular weight is 316 g/mol. The number of rotatable bonds is 5. The highest BCUT2D eigenvalue weighted by Gasteiger charge is 2.30. The first-order chi connectivity index (χ1) is 9.74. The fourth-order valence-corrected chi connectivity index (χ4v) is 3.60. The third-order valence-corrected chi connectivity index (χ3v) is 5.22. The number of urea groups is 1. The maximum Gasteiger partial charge on any atom is 0.315 e. The zero-order valence-corrected chi connectivity index (χ0v) is 14.3. The molecule has 0 heterocycles. The van der Waals surface area contributed by atoms with E-state index < -0.39 is 5.97 Å². The molecule has 0 aromatic rings. The molecule has 0 radical (unpaired) electrons. The van der Waals surface area contributed by atoms with Crippen molar-refractivity contribution in [3.63, 3.8) is 0 Å². The second-order valence-electron chi connectivity index (χ2n) is 6.80. The molecule has 0 aliphatic heterocycles. The standard InChI is InChI=1S/C15H28N2O3S/c1-15(2,3)12(9-13(18)19)17-14(20)16-10-7-5-6-8-11(10)21-4/h10-12H,5-9H2,1-4H3,(H,18,19)(H2,16,17,20). The summed E-state index contributed by atoms with van der Waals surface area (Å²) in [5.74, 6) is -0.894. The summed E-state index contributed by atoms with van der Waals surface area (Å²) in [6.07, 6.45) is 6.50. The van der Waals surface area contributed by atoms with Crippen LogP contribution in [0.5, 0.6) is 0 Å². The third-order valence-electron chi connectivity index (χ3n) is 4.05. The van der Waals surface area contributed by atoms with Crippen molar-refractivity contribution in [3.05, 3.63) is 0 Å². The van der Waals surface area contributed by atoms with Gasteiger partial charge in [-0.1, -0.05) is 33.6 Å². The number of thioether (sulfide) groups is 1. The summed E-state index contributed by atoms with van der Waals surface area (Å²) in [6, 6.07) is -0.451. The lowest BCUT2D eigenvalue weighted by molar-refractivity contribution is -0.138. The number of amides is 2. The van der Waals surface area contributed by atoms with E-state index in [9.17, 15) is 9.59 Å². The van der Waals surface area contributed by atoms with Crippen LogP contribution in [0.3, 0.4) is 0 Å². The molecule has 3 unspecified atom stereocenters. The Labute approximate surface area is 131 Å². The molecule has 6 heteroatoms. The molecule has 0 spiro atoms. The monoisotopic (exact) mass is 316 g/mol. The SMILES string of the molecule is CSC1CCCCC1NC(=O)NC(CC(=O)O)C(C)(C)C. The number of carbonyl (C=O) groups is 2. The van der Waals surface area contributed by atoms with Gasteiger partial charge in [0.05, 0.1) is 6.42 Å². The van der Waals surface area contributed by atoms with E-state index in [-0.39, 0.29) is 30.0 Å².